The van der Waals surface area contributed by atoms with E-state index in [4.69, 9.17) is 4.74 Å². The second-order valence-corrected chi connectivity index (χ2v) is 5.38. The van der Waals surface area contributed by atoms with Gasteiger partial charge in [0, 0.05) is 12.7 Å². The second-order valence-electron chi connectivity index (χ2n) is 5.38. The van der Waals surface area contributed by atoms with Crippen molar-refractivity contribution in [2.75, 3.05) is 7.11 Å². The highest BCUT2D eigenvalue weighted by molar-refractivity contribution is 6.02. The summed E-state index contributed by atoms with van der Waals surface area (Å²) in [6.45, 7) is 0. The monoisotopic (exact) mass is 266 g/mol. The van der Waals surface area contributed by atoms with Gasteiger partial charge in [-0.2, -0.15) is 0 Å². The number of carbonyl (C=O) groups excluding carboxylic acids is 1. The topological polar surface area (TPSA) is 26.3 Å². The molecular weight excluding hydrogens is 248 g/mol. The van der Waals surface area contributed by atoms with Gasteiger partial charge in [0.2, 0.25) is 0 Å². The third-order valence-corrected chi connectivity index (χ3v) is 4.12. The van der Waals surface area contributed by atoms with Crippen molar-refractivity contribution in [1.29, 1.82) is 0 Å². The number of carbonyl (C=O) groups is 1. The first-order valence-electron chi connectivity index (χ1n) is 6.95. The average molecular weight is 266 g/mol. The average Bonchev–Trinajstić information content (AvgIpc) is 3.31. The Balaban J connectivity index is 1.93. The molecule has 1 aliphatic carbocycles. The van der Waals surface area contributed by atoms with Crippen LogP contribution < -0.4 is 0 Å². The van der Waals surface area contributed by atoms with Gasteiger partial charge >= 0.3 is 0 Å². The lowest BCUT2D eigenvalue weighted by Crippen LogP contribution is -2.25. The van der Waals surface area contributed by atoms with E-state index in [-0.39, 0.29) is 17.3 Å². The summed E-state index contributed by atoms with van der Waals surface area (Å²) < 4.78 is 5.69. The van der Waals surface area contributed by atoms with Crippen LogP contribution in [0.3, 0.4) is 0 Å². The van der Waals surface area contributed by atoms with Crippen LogP contribution in [0.5, 0.6) is 0 Å². The normalized spacial score (nSPS) is 17.4. The van der Waals surface area contributed by atoms with Crippen molar-refractivity contribution in [2.24, 2.45) is 5.41 Å². The van der Waals surface area contributed by atoms with Gasteiger partial charge in [-0.3, -0.25) is 4.79 Å². The minimum Gasteiger partial charge on any atom is -0.376 e. The van der Waals surface area contributed by atoms with Crippen molar-refractivity contribution in [1.82, 2.24) is 0 Å². The molecule has 0 aliphatic heterocycles. The van der Waals surface area contributed by atoms with Crippen LogP contribution in [0.15, 0.2) is 60.7 Å². The molecule has 2 aromatic carbocycles. The number of hydrogen-bond donors (Lipinski definition) is 0. The summed E-state index contributed by atoms with van der Waals surface area (Å²) >= 11 is 0. The number of ether oxygens (including phenoxy) is 1. The van der Waals surface area contributed by atoms with Gasteiger partial charge in [0.05, 0.1) is 11.5 Å². The van der Waals surface area contributed by atoms with Crippen molar-refractivity contribution in [3.63, 3.8) is 0 Å². The van der Waals surface area contributed by atoms with Crippen molar-refractivity contribution >= 4 is 5.78 Å². The minimum absolute atomic E-state index is 0.156. The van der Waals surface area contributed by atoms with Crippen LogP contribution in [0.2, 0.25) is 0 Å². The Morgan fingerprint density at radius 2 is 1.55 bits per heavy atom. The highest BCUT2D eigenvalue weighted by atomic mass is 16.5. The summed E-state index contributed by atoms with van der Waals surface area (Å²) in [5.41, 5.74) is 1.48. The van der Waals surface area contributed by atoms with E-state index in [0.29, 0.717) is 0 Å². The number of hydrogen-bond acceptors (Lipinski definition) is 2. The molecule has 0 bridgehead atoms. The molecule has 2 heteroatoms. The summed E-state index contributed by atoms with van der Waals surface area (Å²) in [6.07, 6.45) is 1.64. The van der Waals surface area contributed by atoms with E-state index < -0.39 is 0 Å². The first-order chi connectivity index (χ1) is 9.78. The van der Waals surface area contributed by atoms with Crippen molar-refractivity contribution in [2.45, 2.75) is 18.9 Å². The van der Waals surface area contributed by atoms with Gasteiger partial charge in [-0.25, -0.2) is 0 Å². The van der Waals surface area contributed by atoms with E-state index in [0.717, 1.165) is 24.0 Å². The Bertz CT molecular complexity index is 585. The molecule has 0 N–H and O–H groups in total. The molecule has 1 unspecified atom stereocenters. The number of ketones is 1. The van der Waals surface area contributed by atoms with Crippen LogP contribution in [0, 0.1) is 5.41 Å². The Labute approximate surface area is 119 Å². The Morgan fingerprint density at radius 3 is 2.05 bits per heavy atom. The SMILES string of the molecule is COC(c1ccccc1)C1(C(=O)c2ccccc2)CC1. The lowest BCUT2D eigenvalue weighted by molar-refractivity contribution is 0.0342. The molecule has 2 nitrogen and oxygen atoms in total. The fraction of sp³-hybridized carbons (Fsp3) is 0.278. The molecule has 0 saturated heterocycles. The van der Waals surface area contributed by atoms with E-state index in [1.807, 2.05) is 60.7 Å². The lowest BCUT2D eigenvalue weighted by atomic mass is 9.85. The quantitative estimate of drug-likeness (QED) is 0.763. The molecule has 1 atom stereocenters. The first kappa shape index (κ1) is 13.1. The molecule has 1 saturated carbocycles. The van der Waals surface area contributed by atoms with Crippen LogP contribution in [0.25, 0.3) is 0 Å². The smallest absolute Gasteiger partial charge is 0.171 e. The molecule has 0 heterocycles. The standard InChI is InChI=1S/C18H18O2/c1-20-17(15-10-6-3-7-11-15)18(12-13-18)16(19)14-8-4-2-5-9-14/h2-11,17H,12-13H2,1H3. The fourth-order valence-corrected chi connectivity index (χ4v) is 2.93. The second kappa shape index (κ2) is 5.22. The van der Waals surface area contributed by atoms with E-state index in [9.17, 15) is 4.79 Å². The maximum absolute atomic E-state index is 12.8. The Morgan fingerprint density at radius 1 is 1.00 bits per heavy atom. The highest BCUT2D eigenvalue weighted by Gasteiger charge is 2.56. The van der Waals surface area contributed by atoms with E-state index in [2.05, 4.69) is 0 Å². The van der Waals surface area contributed by atoms with Gasteiger partial charge < -0.3 is 4.74 Å². The van der Waals surface area contributed by atoms with Crippen molar-refractivity contribution in [3.8, 4) is 0 Å². The van der Waals surface area contributed by atoms with Crippen LogP contribution in [0.4, 0.5) is 0 Å². The first-order valence-corrected chi connectivity index (χ1v) is 6.95. The minimum atomic E-state index is -0.378. The highest BCUT2D eigenvalue weighted by Crippen LogP contribution is 2.58. The predicted molar refractivity (Wildman–Crippen MR) is 78.6 cm³/mol. The fourth-order valence-electron chi connectivity index (χ4n) is 2.93. The summed E-state index contributed by atoms with van der Waals surface area (Å²) in [7, 11) is 1.69. The van der Waals surface area contributed by atoms with Crippen molar-refractivity contribution < 1.29 is 9.53 Å². The van der Waals surface area contributed by atoms with E-state index >= 15 is 0 Å². The maximum Gasteiger partial charge on any atom is 0.171 e. The largest absolute Gasteiger partial charge is 0.376 e. The molecule has 102 valence electrons. The van der Waals surface area contributed by atoms with E-state index in [1.54, 1.807) is 7.11 Å². The molecular formula is C18H18O2. The summed E-state index contributed by atoms with van der Waals surface area (Å²) in [4.78, 5) is 12.8. The summed E-state index contributed by atoms with van der Waals surface area (Å²) in [5.74, 6) is 0.203. The third-order valence-electron chi connectivity index (χ3n) is 4.12. The van der Waals surface area contributed by atoms with Gasteiger partial charge in [-0.15, -0.1) is 0 Å². The number of benzene rings is 2. The van der Waals surface area contributed by atoms with E-state index in [1.165, 1.54) is 0 Å². The third kappa shape index (κ3) is 2.16. The maximum atomic E-state index is 12.8. The molecule has 1 fully saturated rings. The molecule has 0 spiro atoms. The zero-order valence-corrected chi connectivity index (χ0v) is 11.6. The molecule has 1 aliphatic rings. The molecule has 20 heavy (non-hydrogen) atoms. The molecule has 2 aromatic rings. The van der Waals surface area contributed by atoms with Gasteiger partial charge in [-0.05, 0) is 18.4 Å². The lowest BCUT2D eigenvalue weighted by Gasteiger charge is -2.25. The number of Topliss-reactive ketones (excluding diaryl/α,β-unsaturated/α-hetero) is 1. The van der Waals surface area contributed by atoms with Crippen LogP contribution in [0.1, 0.15) is 34.9 Å². The zero-order valence-electron chi connectivity index (χ0n) is 11.6. The number of methoxy groups -OCH3 is 1. The predicted octanol–water partition coefficient (Wildman–Crippen LogP) is 4.04. The van der Waals surface area contributed by atoms with Gasteiger partial charge in [0.15, 0.2) is 5.78 Å². The van der Waals surface area contributed by atoms with Gasteiger partial charge in [-0.1, -0.05) is 60.7 Å². The summed E-state index contributed by atoms with van der Waals surface area (Å²) in [5, 5.41) is 0. The summed E-state index contributed by atoms with van der Waals surface area (Å²) in [6, 6.07) is 19.6. The van der Waals surface area contributed by atoms with Gasteiger partial charge in [0.25, 0.3) is 0 Å². The number of rotatable bonds is 5. The van der Waals surface area contributed by atoms with Gasteiger partial charge in [0.1, 0.15) is 0 Å². The zero-order chi connectivity index (χ0) is 14.0. The van der Waals surface area contributed by atoms with Crippen molar-refractivity contribution in [3.05, 3.63) is 71.8 Å². The molecule has 3 rings (SSSR count). The van der Waals surface area contributed by atoms with Crippen LogP contribution in [-0.4, -0.2) is 12.9 Å². The molecule has 0 amide bonds. The Kier molecular flexibility index (Phi) is 3.41. The molecule has 0 radical (unpaired) electrons. The van der Waals surface area contributed by atoms with Crippen LogP contribution >= 0.6 is 0 Å². The Hall–Kier alpha value is -1.93. The van der Waals surface area contributed by atoms with Crippen LogP contribution in [-0.2, 0) is 4.74 Å². The molecule has 0 aromatic heterocycles.